The predicted octanol–water partition coefficient (Wildman–Crippen LogP) is 4.41. The third kappa shape index (κ3) is 5.18. The molecule has 0 aliphatic carbocycles. The van der Waals surface area contributed by atoms with Crippen LogP contribution >= 0.6 is 0 Å². The summed E-state index contributed by atoms with van der Waals surface area (Å²) in [6.07, 6.45) is 2.23. The highest BCUT2D eigenvalue weighted by atomic mass is 16.7. The molecule has 176 valence electrons. The van der Waals surface area contributed by atoms with E-state index in [1.807, 2.05) is 30.3 Å². The summed E-state index contributed by atoms with van der Waals surface area (Å²) in [7, 11) is 0. The minimum atomic E-state index is -0.0802. The van der Waals surface area contributed by atoms with Gasteiger partial charge in [-0.2, -0.15) is 0 Å². The van der Waals surface area contributed by atoms with Crippen molar-refractivity contribution in [2.45, 2.75) is 38.9 Å². The van der Waals surface area contributed by atoms with E-state index in [-0.39, 0.29) is 12.7 Å². The second kappa shape index (κ2) is 10.2. The fourth-order valence-corrected chi connectivity index (χ4v) is 4.56. The molecule has 2 aliphatic rings. The van der Waals surface area contributed by atoms with E-state index in [0.717, 1.165) is 49.5 Å². The van der Waals surface area contributed by atoms with Gasteiger partial charge in [-0.1, -0.05) is 30.3 Å². The summed E-state index contributed by atoms with van der Waals surface area (Å²) in [6, 6.07) is 22.7. The molecule has 1 fully saturated rings. The molecule has 0 radical (unpaired) electrons. The van der Waals surface area contributed by atoms with E-state index in [4.69, 9.17) is 9.47 Å². The third-order valence-electron chi connectivity index (χ3n) is 6.72. The van der Waals surface area contributed by atoms with Crippen molar-refractivity contribution in [2.75, 3.05) is 24.8 Å². The van der Waals surface area contributed by atoms with Crippen LogP contribution in [0.25, 0.3) is 0 Å². The maximum atomic E-state index is 12.6. The first kappa shape index (κ1) is 22.3. The fraction of sp³-hybridized carbons (Fsp3) is 0.321. The van der Waals surface area contributed by atoms with E-state index < -0.39 is 0 Å². The molecule has 3 aromatic carbocycles. The van der Waals surface area contributed by atoms with Gasteiger partial charge in [-0.05, 0) is 72.9 Å². The Morgan fingerprint density at radius 2 is 1.71 bits per heavy atom. The molecule has 2 aliphatic heterocycles. The first-order chi connectivity index (χ1) is 16.7. The second-order valence-electron chi connectivity index (χ2n) is 8.99. The number of hydrogen-bond acceptors (Lipinski definition) is 5. The van der Waals surface area contributed by atoms with Gasteiger partial charge in [0.2, 0.25) is 6.79 Å². The van der Waals surface area contributed by atoms with E-state index in [1.165, 1.54) is 16.8 Å². The zero-order chi connectivity index (χ0) is 23.3. The number of nitrogens with one attached hydrogen (secondary N) is 2. The number of carbonyl (C=O) groups excluding carboxylic acids is 1. The molecule has 0 spiro atoms. The molecule has 6 nitrogen and oxygen atoms in total. The lowest BCUT2D eigenvalue weighted by atomic mass is 10.0. The minimum absolute atomic E-state index is 0.0802. The lowest BCUT2D eigenvalue weighted by molar-refractivity contribution is 0.0951. The van der Waals surface area contributed by atoms with Crippen molar-refractivity contribution in [3.63, 3.8) is 0 Å². The lowest BCUT2D eigenvalue weighted by Crippen LogP contribution is -2.42. The third-order valence-corrected chi connectivity index (χ3v) is 6.72. The Kier molecular flexibility index (Phi) is 6.67. The molecule has 0 unspecified atom stereocenters. The van der Waals surface area contributed by atoms with Crippen LogP contribution in [-0.4, -0.2) is 31.8 Å². The van der Waals surface area contributed by atoms with Gasteiger partial charge in [-0.3, -0.25) is 4.79 Å². The number of rotatable bonds is 7. The number of fused-ring (bicyclic) bond motifs is 1. The van der Waals surface area contributed by atoms with Crippen molar-refractivity contribution >= 4 is 11.6 Å². The maximum absolute atomic E-state index is 12.6. The quantitative estimate of drug-likeness (QED) is 0.550. The number of ether oxygens (including phenoxy) is 2. The van der Waals surface area contributed by atoms with Crippen LogP contribution in [0.2, 0.25) is 0 Å². The van der Waals surface area contributed by atoms with Crippen LogP contribution in [0, 0.1) is 6.92 Å². The van der Waals surface area contributed by atoms with Crippen LogP contribution in [0.3, 0.4) is 0 Å². The van der Waals surface area contributed by atoms with Crippen molar-refractivity contribution in [1.82, 2.24) is 10.6 Å². The Morgan fingerprint density at radius 1 is 0.941 bits per heavy atom. The number of aryl methyl sites for hydroxylation is 1. The van der Waals surface area contributed by atoms with Gasteiger partial charge in [0.05, 0.1) is 0 Å². The molecule has 0 saturated carbocycles. The average Bonchev–Trinajstić information content (AvgIpc) is 3.35. The highest BCUT2D eigenvalue weighted by Gasteiger charge is 2.20. The molecule has 6 heteroatoms. The largest absolute Gasteiger partial charge is 0.454 e. The van der Waals surface area contributed by atoms with Crippen LogP contribution in [0.15, 0.2) is 66.7 Å². The summed E-state index contributed by atoms with van der Waals surface area (Å²) in [5.74, 6) is 1.39. The van der Waals surface area contributed by atoms with Crippen LogP contribution in [0.5, 0.6) is 11.5 Å². The van der Waals surface area contributed by atoms with E-state index in [9.17, 15) is 4.79 Å². The molecule has 2 heterocycles. The van der Waals surface area contributed by atoms with Gasteiger partial charge in [0, 0.05) is 43.5 Å². The SMILES string of the molecule is Cc1ccccc1CNC1CCN(c2ccc(C(=O)NCc3ccc4c(c3)OCO4)cc2)CC1. The smallest absolute Gasteiger partial charge is 0.251 e. The number of benzene rings is 3. The van der Waals surface area contributed by atoms with Gasteiger partial charge < -0.3 is 25.0 Å². The topological polar surface area (TPSA) is 62.8 Å². The summed E-state index contributed by atoms with van der Waals surface area (Å²) >= 11 is 0. The number of amides is 1. The van der Waals surface area contributed by atoms with Gasteiger partial charge in [0.15, 0.2) is 11.5 Å². The molecule has 0 aromatic heterocycles. The summed E-state index contributed by atoms with van der Waals surface area (Å²) < 4.78 is 10.7. The van der Waals surface area contributed by atoms with E-state index in [2.05, 4.69) is 58.9 Å². The first-order valence-corrected chi connectivity index (χ1v) is 12.0. The molecular formula is C28H31N3O3. The number of anilines is 1. The number of piperidine rings is 1. The van der Waals surface area contributed by atoms with Crippen LogP contribution in [0.4, 0.5) is 5.69 Å². The van der Waals surface area contributed by atoms with E-state index in [0.29, 0.717) is 18.2 Å². The monoisotopic (exact) mass is 457 g/mol. The summed E-state index contributed by atoms with van der Waals surface area (Å²) in [5, 5.41) is 6.71. The summed E-state index contributed by atoms with van der Waals surface area (Å²) in [4.78, 5) is 15.0. The van der Waals surface area contributed by atoms with Crippen molar-refractivity contribution in [1.29, 1.82) is 0 Å². The average molecular weight is 458 g/mol. The first-order valence-electron chi connectivity index (χ1n) is 12.0. The number of carbonyl (C=O) groups is 1. The van der Waals surface area contributed by atoms with Crippen molar-refractivity contribution in [3.8, 4) is 11.5 Å². The van der Waals surface area contributed by atoms with E-state index in [1.54, 1.807) is 0 Å². The van der Waals surface area contributed by atoms with Gasteiger partial charge >= 0.3 is 0 Å². The Hall–Kier alpha value is -3.51. The second-order valence-corrected chi connectivity index (χ2v) is 8.99. The number of nitrogens with zero attached hydrogens (tertiary/aromatic N) is 1. The van der Waals surface area contributed by atoms with Crippen molar-refractivity contribution in [3.05, 3.63) is 89.0 Å². The Morgan fingerprint density at radius 3 is 2.50 bits per heavy atom. The molecule has 0 atom stereocenters. The Bertz CT molecular complexity index is 1140. The van der Waals surface area contributed by atoms with Crippen LogP contribution < -0.4 is 25.0 Å². The zero-order valence-corrected chi connectivity index (χ0v) is 19.5. The predicted molar refractivity (Wildman–Crippen MR) is 133 cm³/mol. The molecule has 34 heavy (non-hydrogen) atoms. The van der Waals surface area contributed by atoms with E-state index >= 15 is 0 Å². The molecule has 1 saturated heterocycles. The standard InChI is InChI=1S/C28H31N3O3/c1-20-4-2-3-5-23(20)18-29-24-12-14-31(15-13-24)25-9-7-22(8-10-25)28(32)30-17-21-6-11-26-27(16-21)34-19-33-26/h2-11,16,24,29H,12-15,17-19H2,1H3,(H,30,32). The molecule has 1 amide bonds. The molecule has 3 aromatic rings. The highest BCUT2D eigenvalue weighted by molar-refractivity contribution is 5.94. The number of hydrogen-bond donors (Lipinski definition) is 2. The van der Waals surface area contributed by atoms with Gasteiger partial charge in [0.1, 0.15) is 0 Å². The molecular weight excluding hydrogens is 426 g/mol. The maximum Gasteiger partial charge on any atom is 0.251 e. The van der Waals surface area contributed by atoms with Gasteiger partial charge in [-0.15, -0.1) is 0 Å². The fourth-order valence-electron chi connectivity index (χ4n) is 4.56. The van der Waals surface area contributed by atoms with Crippen molar-refractivity contribution in [2.24, 2.45) is 0 Å². The van der Waals surface area contributed by atoms with Crippen LogP contribution in [0.1, 0.15) is 39.9 Å². The van der Waals surface area contributed by atoms with Crippen LogP contribution in [-0.2, 0) is 13.1 Å². The lowest BCUT2D eigenvalue weighted by Gasteiger charge is -2.34. The molecule has 2 N–H and O–H groups in total. The van der Waals surface area contributed by atoms with Crippen molar-refractivity contribution < 1.29 is 14.3 Å². The Labute approximate surface area is 200 Å². The Balaban J connectivity index is 1.09. The zero-order valence-electron chi connectivity index (χ0n) is 19.5. The van der Waals surface area contributed by atoms with Gasteiger partial charge in [-0.25, -0.2) is 0 Å². The molecule has 5 rings (SSSR count). The molecule has 0 bridgehead atoms. The summed E-state index contributed by atoms with van der Waals surface area (Å²) in [5.41, 5.74) is 5.53. The normalized spacial score (nSPS) is 15.4. The van der Waals surface area contributed by atoms with Gasteiger partial charge in [0.25, 0.3) is 5.91 Å². The summed E-state index contributed by atoms with van der Waals surface area (Å²) in [6.45, 7) is 5.82. The highest BCUT2D eigenvalue weighted by Crippen LogP contribution is 2.32. The minimum Gasteiger partial charge on any atom is -0.454 e.